The van der Waals surface area contributed by atoms with E-state index in [1.807, 2.05) is 54.6 Å². The molecule has 0 fully saturated rings. The monoisotopic (exact) mass is 332 g/mol. The van der Waals surface area contributed by atoms with Gasteiger partial charge in [-0.15, -0.1) is 0 Å². The molecule has 0 aromatic heterocycles. The molecule has 3 rings (SSSR count). The zero-order valence-corrected chi connectivity index (χ0v) is 13.9. The predicted octanol–water partition coefficient (Wildman–Crippen LogP) is 4.81. The number of hydrogen-bond donors (Lipinski definition) is 1. The third-order valence-corrected chi connectivity index (χ3v) is 5.46. The fourth-order valence-corrected chi connectivity index (χ4v) is 4.11. The molecule has 3 heteroatoms. The van der Waals surface area contributed by atoms with Crippen molar-refractivity contribution in [3.05, 3.63) is 108 Å². The molecule has 24 heavy (non-hydrogen) atoms. The Morgan fingerprint density at radius 2 is 1.04 bits per heavy atom. The summed E-state index contributed by atoms with van der Waals surface area (Å²) in [6.45, 7) is 0. The van der Waals surface area contributed by atoms with Gasteiger partial charge in [0.25, 0.3) is 0 Å². The Balaban J connectivity index is 2.35. The maximum absolute atomic E-state index is 11.3. The SMILES string of the molecule is O=C(O)C=PC(c1ccccc1)(c1ccccc1)c1ccccc1. The Morgan fingerprint density at radius 3 is 1.33 bits per heavy atom. The summed E-state index contributed by atoms with van der Waals surface area (Å²) in [5, 5.41) is 8.70. The van der Waals surface area contributed by atoms with Crippen molar-refractivity contribution in [1.82, 2.24) is 0 Å². The predicted molar refractivity (Wildman–Crippen MR) is 99.8 cm³/mol. The lowest BCUT2D eigenvalue weighted by atomic mass is 9.84. The van der Waals surface area contributed by atoms with E-state index in [9.17, 15) is 9.90 Å². The van der Waals surface area contributed by atoms with Crippen LogP contribution in [-0.4, -0.2) is 16.9 Å². The molecular weight excluding hydrogens is 315 g/mol. The molecule has 0 aliphatic carbocycles. The zero-order valence-electron chi connectivity index (χ0n) is 13.0. The van der Waals surface area contributed by atoms with Gasteiger partial charge in [0.1, 0.15) is 0 Å². The van der Waals surface area contributed by atoms with Gasteiger partial charge >= 0.3 is 5.97 Å². The summed E-state index contributed by atoms with van der Waals surface area (Å²) < 4.78 is 0. The molecule has 0 amide bonds. The summed E-state index contributed by atoms with van der Waals surface area (Å²) in [4.78, 5) is 11.3. The lowest BCUT2D eigenvalue weighted by molar-refractivity contribution is -0.128. The normalized spacial score (nSPS) is 11.5. The Labute approximate surface area is 143 Å². The summed E-state index contributed by atoms with van der Waals surface area (Å²) in [6, 6.07) is 30.2. The van der Waals surface area contributed by atoms with Crippen LogP contribution in [0.2, 0.25) is 0 Å². The number of aliphatic carboxylic acids is 1. The summed E-state index contributed by atoms with van der Waals surface area (Å²) in [7, 11) is 0.697. The van der Waals surface area contributed by atoms with Crippen LogP contribution in [0.5, 0.6) is 0 Å². The second-order valence-corrected chi connectivity index (χ2v) is 6.59. The number of carbonyl (C=O) groups is 1. The first-order valence-electron chi connectivity index (χ1n) is 7.68. The molecule has 3 aromatic carbocycles. The van der Waals surface area contributed by atoms with Crippen LogP contribution in [0.3, 0.4) is 0 Å². The number of carboxylic acids is 1. The molecule has 3 aromatic rings. The van der Waals surface area contributed by atoms with Crippen LogP contribution in [0.4, 0.5) is 0 Å². The molecule has 0 bridgehead atoms. The first-order chi connectivity index (χ1) is 11.7. The van der Waals surface area contributed by atoms with Crippen LogP contribution in [0.15, 0.2) is 91.0 Å². The molecule has 0 radical (unpaired) electrons. The van der Waals surface area contributed by atoms with Gasteiger partial charge in [-0.05, 0) is 16.7 Å². The van der Waals surface area contributed by atoms with E-state index in [0.29, 0.717) is 8.20 Å². The van der Waals surface area contributed by atoms with Crippen molar-refractivity contribution < 1.29 is 9.90 Å². The highest BCUT2D eigenvalue weighted by Gasteiger charge is 2.34. The lowest BCUT2D eigenvalue weighted by Gasteiger charge is -2.32. The van der Waals surface area contributed by atoms with Crippen molar-refractivity contribution in [2.45, 2.75) is 5.16 Å². The van der Waals surface area contributed by atoms with Crippen molar-refractivity contribution in [2.24, 2.45) is 0 Å². The van der Waals surface area contributed by atoms with Gasteiger partial charge in [0.05, 0.1) is 5.16 Å². The van der Waals surface area contributed by atoms with Gasteiger partial charge in [0.15, 0.2) is 0 Å². The van der Waals surface area contributed by atoms with Crippen LogP contribution in [0, 0.1) is 0 Å². The Bertz CT molecular complexity index is 731. The van der Waals surface area contributed by atoms with Crippen molar-refractivity contribution in [3.63, 3.8) is 0 Å². The van der Waals surface area contributed by atoms with E-state index in [1.54, 1.807) is 0 Å². The summed E-state index contributed by atoms with van der Waals surface area (Å²) in [6.07, 6.45) is 0. The maximum atomic E-state index is 11.3. The second kappa shape index (κ2) is 7.25. The van der Waals surface area contributed by atoms with E-state index in [-0.39, 0.29) is 0 Å². The van der Waals surface area contributed by atoms with Crippen LogP contribution in [0.1, 0.15) is 16.7 Å². The average Bonchev–Trinajstić information content (AvgIpc) is 2.65. The van der Waals surface area contributed by atoms with Gasteiger partial charge in [-0.2, -0.15) is 0 Å². The molecule has 0 heterocycles. The summed E-state index contributed by atoms with van der Waals surface area (Å²) in [5.74, 6) is 0.413. The third kappa shape index (κ3) is 3.15. The third-order valence-electron chi connectivity index (χ3n) is 3.94. The minimum atomic E-state index is -0.913. The van der Waals surface area contributed by atoms with Gasteiger partial charge in [0, 0.05) is 5.80 Å². The summed E-state index contributed by atoms with van der Waals surface area (Å²) >= 11 is 0. The molecule has 0 unspecified atom stereocenters. The highest BCUT2D eigenvalue weighted by Crippen LogP contribution is 2.47. The number of benzene rings is 3. The van der Waals surface area contributed by atoms with Crippen molar-refractivity contribution in [1.29, 1.82) is 0 Å². The van der Waals surface area contributed by atoms with E-state index >= 15 is 0 Å². The van der Waals surface area contributed by atoms with Crippen molar-refractivity contribution in [2.75, 3.05) is 0 Å². The Kier molecular flexibility index (Phi) is 4.88. The molecular formula is C21H17O2P. The van der Waals surface area contributed by atoms with Gasteiger partial charge in [-0.1, -0.05) is 99.2 Å². The standard InChI is InChI=1S/C21H17O2P/c22-20(23)16-24-21(17-10-4-1-5-11-17,18-12-6-2-7-13-18)19-14-8-3-9-15-19/h1-16H,(H,22,23). The zero-order chi connectivity index (χ0) is 16.8. The van der Waals surface area contributed by atoms with E-state index in [2.05, 4.69) is 36.4 Å². The summed E-state index contributed by atoms with van der Waals surface area (Å²) in [5.41, 5.74) is 3.21. The molecule has 0 atom stereocenters. The number of carboxylic acid groups (broad SMARTS) is 1. The molecule has 1 N–H and O–H groups in total. The highest BCUT2D eigenvalue weighted by atomic mass is 31.1. The fraction of sp³-hybridized carbons (Fsp3) is 0.0476. The van der Waals surface area contributed by atoms with Crippen LogP contribution < -0.4 is 0 Å². The maximum Gasteiger partial charge on any atom is 0.332 e. The highest BCUT2D eigenvalue weighted by molar-refractivity contribution is 7.43. The van der Waals surface area contributed by atoms with Crippen LogP contribution in [-0.2, 0) is 9.95 Å². The largest absolute Gasteiger partial charge is 0.478 e. The van der Waals surface area contributed by atoms with Gasteiger partial charge in [-0.3, -0.25) is 0 Å². The quantitative estimate of drug-likeness (QED) is 0.538. The Morgan fingerprint density at radius 1 is 0.708 bits per heavy atom. The van der Waals surface area contributed by atoms with E-state index < -0.39 is 11.1 Å². The number of hydrogen-bond acceptors (Lipinski definition) is 1. The minimum absolute atomic E-state index is 0.553. The minimum Gasteiger partial charge on any atom is -0.478 e. The van der Waals surface area contributed by atoms with Gasteiger partial charge < -0.3 is 5.11 Å². The first kappa shape index (κ1) is 16.2. The van der Waals surface area contributed by atoms with E-state index in [0.717, 1.165) is 16.7 Å². The van der Waals surface area contributed by atoms with Crippen LogP contribution >= 0.6 is 8.20 Å². The van der Waals surface area contributed by atoms with E-state index in [4.69, 9.17) is 0 Å². The number of rotatable bonds is 5. The second-order valence-electron chi connectivity index (χ2n) is 5.40. The molecule has 0 saturated heterocycles. The van der Waals surface area contributed by atoms with E-state index in [1.165, 1.54) is 5.80 Å². The molecule has 2 nitrogen and oxygen atoms in total. The molecule has 0 spiro atoms. The molecule has 118 valence electrons. The molecule has 0 saturated carbocycles. The van der Waals surface area contributed by atoms with Gasteiger partial charge in [-0.25, -0.2) is 4.79 Å². The Hall–Kier alpha value is -2.70. The smallest absolute Gasteiger partial charge is 0.332 e. The van der Waals surface area contributed by atoms with Crippen molar-refractivity contribution in [3.8, 4) is 0 Å². The first-order valence-corrected chi connectivity index (χ1v) is 8.64. The van der Waals surface area contributed by atoms with Crippen LogP contribution in [0.25, 0.3) is 0 Å². The topological polar surface area (TPSA) is 37.3 Å². The van der Waals surface area contributed by atoms with Crippen molar-refractivity contribution >= 4 is 20.0 Å². The van der Waals surface area contributed by atoms with Gasteiger partial charge in [0.2, 0.25) is 0 Å². The average molecular weight is 332 g/mol. The lowest BCUT2D eigenvalue weighted by Crippen LogP contribution is -2.23. The molecule has 0 aliphatic rings. The fourth-order valence-electron chi connectivity index (χ4n) is 2.91. The molecule has 0 aliphatic heterocycles.